The summed E-state index contributed by atoms with van der Waals surface area (Å²) < 4.78 is 5.46. The van der Waals surface area contributed by atoms with Crippen molar-refractivity contribution in [3.05, 3.63) is 65.7 Å². The van der Waals surface area contributed by atoms with E-state index in [1.807, 2.05) is 12.1 Å². The van der Waals surface area contributed by atoms with Gasteiger partial charge in [-0.05, 0) is 70.2 Å². The van der Waals surface area contributed by atoms with Crippen molar-refractivity contribution in [2.24, 2.45) is 0 Å². The van der Waals surface area contributed by atoms with Gasteiger partial charge in [-0.1, -0.05) is 42.5 Å². The van der Waals surface area contributed by atoms with E-state index >= 15 is 0 Å². The van der Waals surface area contributed by atoms with Gasteiger partial charge in [-0.15, -0.1) is 0 Å². The lowest BCUT2D eigenvalue weighted by Gasteiger charge is -2.52. The van der Waals surface area contributed by atoms with Gasteiger partial charge in [0.1, 0.15) is 11.9 Å². The summed E-state index contributed by atoms with van der Waals surface area (Å²) in [6.07, 6.45) is 4.30. The van der Waals surface area contributed by atoms with Gasteiger partial charge < -0.3 is 4.74 Å². The fourth-order valence-electron chi connectivity index (χ4n) is 4.27. The zero-order chi connectivity index (χ0) is 19.5. The minimum absolute atomic E-state index is 0.00948. The number of piperidine rings is 1. The van der Waals surface area contributed by atoms with Crippen molar-refractivity contribution >= 4 is 0 Å². The second-order valence-electron chi connectivity index (χ2n) is 8.83. The number of hydrogen-bond donors (Lipinski definition) is 0. The average molecular weight is 368 g/mol. The molecule has 0 saturated carbocycles. The molecule has 1 unspecified atom stereocenters. The molecule has 0 aliphatic carbocycles. The van der Waals surface area contributed by atoms with Crippen molar-refractivity contribution in [2.45, 2.75) is 70.6 Å². The highest BCUT2D eigenvalue weighted by Gasteiger charge is 2.43. The van der Waals surface area contributed by atoms with Crippen LogP contribution in [-0.2, 0) is 11.3 Å². The summed E-state index contributed by atoms with van der Waals surface area (Å²) in [5.41, 5.74) is 2.44. The molecule has 146 valence electrons. The number of hydrogen-bond acceptors (Lipinski definition) is 3. The maximum absolute atomic E-state index is 6.79. The van der Waals surface area contributed by atoms with E-state index in [9.17, 15) is 0 Å². The van der Waals surface area contributed by atoms with E-state index < -0.39 is 0 Å². The van der Waals surface area contributed by atoms with Gasteiger partial charge in [-0.3, -0.25) is 4.84 Å². The van der Waals surface area contributed by atoms with Crippen molar-refractivity contribution in [1.29, 1.82) is 0 Å². The Labute approximate surface area is 164 Å². The molecule has 1 atom stereocenters. The summed E-state index contributed by atoms with van der Waals surface area (Å²) in [5, 5.41) is 2.26. The summed E-state index contributed by atoms with van der Waals surface area (Å²) in [6.45, 7) is 9.16. The van der Waals surface area contributed by atoms with Gasteiger partial charge in [-0.2, -0.15) is 5.06 Å². The highest BCUT2D eigenvalue weighted by Crippen LogP contribution is 2.41. The smallest absolute Gasteiger partial charge is 0.119 e. The highest BCUT2D eigenvalue weighted by atomic mass is 16.7. The lowest BCUT2D eigenvalue weighted by molar-refractivity contribution is -0.307. The monoisotopic (exact) mass is 367 g/mol. The molecule has 27 heavy (non-hydrogen) atoms. The zero-order valence-electron chi connectivity index (χ0n) is 17.4. The number of methoxy groups -OCH3 is 1. The van der Waals surface area contributed by atoms with Crippen LogP contribution in [-0.4, -0.2) is 23.3 Å². The molecule has 1 heterocycles. The van der Waals surface area contributed by atoms with Crippen LogP contribution >= 0.6 is 0 Å². The normalized spacial score (nSPS) is 20.2. The largest absolute Gasteiger partial charge is 0.497 e. The molecule has 0 radical (unpaired) electrons. The average Bonchev–Trinajstić information content (AvgIpc) is 2.64. The van der Waals surface area contributed by atoms with E-state index in [2.05, 4.69) is 75.2 Å². The number of hydroxylamine groups is 2. The number of rotatable bonds is 6. The van der Waals surface area contributed by atoms with E-state index in [0.717, 1.165) is 30.6 Å². The van der Waals surface area contributed by atoms with E-state index in [4.69, 9.17) is 9.57 Å². The van der Waals surface area contributed by atoms with Crippen LogP contribution in [0.5, 0.6) is 5.75 Å². The van der Waals surface area contributed by atoms with E-state index in [1.54, 1.807) is 7.11 Å². The Balaban J connectivity index is 1.93. The first-order valence-electron chi connectivity index (χ1n) is 9.97. The third kappa shape index (κ3) is 4.72. The van der Waals surface area contributed by atoms with Gasteiger partial charge >= 0.3 is 0 Å². The Hall–Kier alpha value is -1.84. The van der Waals surface area contributed by atoms with Gasteiger partial charge in [-0.25, -0.2) is 0 Å². The molecular formula is C24H33NO2. The minimum Gasteiger partial charge on any atom is -0.497 e. The van der Waals surface area contributed by atoms with Crippen LogP contribution < -0.4 is 4.74 Å². The molecule has 3 heteroatoms. The third-order valence-electron chi connectivity index (χ3n) is 5.64. The summed E-state index contributed by atoms with van der Waals surface area (Å²) in [4.78, 5) is 6.79. The van der Waals surface area contributed by atoms with Crippen LogP contribution in [0.3, 0.4) is 0 Å². The molecule has 2 aromatic rings. The number of ether oxygens (including phenoxy) is 1. The molecule has 0 spiro atoms. The first-order valence-corrected chi connectivity index (χ1v) is 9.97. The molecule has 1 saturated heterocycles. The van der Waals surface area contributed by atoms with Crippen LogP contribution in [0.15, 0.2) is 54.6 Å². The Morgan fingerprint density at radius 3 is 2.22 bits per heavy atom. The van der Waals surface area contributed by atoms with Gasteiger partial charge in [0.25, 0.3) is 0 Å². The predicted octanol–water partition coefficient (Wildman–Crippen LogP) is 5.95. The van der Waals surface area contributed by atoms with Gasteiger partial charge in [0.05, 0.1) is 7.11 Å². The van der Waals surface area contributed by atoms with Crippen molar-refractivity contribution in [3.63, 3.8) is 0 Å². The summed E-state index contributed by atoms with van der Waals surface area (Å²) in [7, 11) is 1.71. The van der Waals surface area contributed by atoms with E-state index in [0.29, 0.717) is 0 Å². The summed E-state index contributed by atoms with van der Waals surface area (Å²) in [6, 6.07) is 18.8. The Morgan fingerprint density at radius 2 is 1.59 bits per heavy atom. The summed E-state index contributed by atoms with van der Waals surface area (Å²) >= 11 is 0. The predicted molar refractivity (Wildman–Crippen MR) is 111 cm³/mol. The van der Waals surface area contributed by atoms with Crippen molar-refractivity contribution < 1.29 is 9.57 Å². The van der Waals surface area contributed by atoms with Gasteiger partial charge in [0.2, 0.25) is 0 Å². The standard InChI is InChI=1S/C24H33NO2/c1-23(2)15-10-16-24(3,4)25(23)27-22(17-19-11-7-6-8-12-19)20-13-9-14-21(18-20)26-5/h6-9,11-14,18,22H,10,15-17H2,1-5H3. The summed E-state index contributed by atoms with van der Waals surface area (Å²) in [5.74, 6) is 0.867. The molecule has 1 aliphatic rings. The first kappa shape index (κ1) is 19.9. The molecule has 3 nitrogen and oxygen atoms in total. The lowest BCUT2D eigenvalue weighted by Crippen LogP contribution is -2.58. The molecule has 0 aromatic heterocycles. The molecule has 3 rings (SSSR count). The van der Waals surface area contributed by atoms with Crippen LogP contribution in [0.1, 0.15) is 64.2 Å². The quantitative estimate of drug-likeness (QED) is 0.629. The molecule has 0 N–H and O–H groups in total. The van der Waals surface area contributed by atoms with Crippen molar-refractivity contribution in [3.8, 4) is 5.75 Å². The SMILES string of the molecule is COc1cccc(C(Cc2ccccc2)ON2C(C)(C)CCCC2(C)C)c1. The van der Waals surface area contributed by atoms with Crippen LogP contribution in [0.4, 0.5) is 0 Å². The second kappa shape index (κ2) is 8.04. The Bertz CT molecular complexity index is 723. The zero-order valence-corrected chi connectivity index (χ0v) is 17.4. The van der Waals surface area contributed by atoms with Crippen LogP contribution in [0.25, 0.3) is 0 Å². The first-order chi connectivity index (χ1) is 12.8. The fraction of sp³-hybridized carbons (Fsp3) is 0.500. The second-order valence-corrected chi connectivity index (χ2v) is 8.83. The Morgan fingerprint density at radius 1 is 0.926 bits per heavy atom. The molecule has 0 bridgehead atoms. The third-order valence-corrected chi connectivity index (χ3v) is 5.64. The van der Waals surface area contributed by atoms with E-state index in [-0.39, 0.29) is 17.2 Å². The maximum atomic E-state index is 6.79. The molecule has 0 amide bonds. The number of nitrogens with zero attached hydrogens (tertiary/aromatic N) is 1. The molecular weight excluding hydrogens is 334 g/mol. The highest BCUT2D eigenvalue weighted by molar-refractivity contribution is 5.31. The molecule has 1 aliphatic heterocycles. The minimum atomic E-state index is -0.0563. The van der Waals surface area contributed by atoms with Gasteiger partial charge in [0, 0.05) is 17.5 Å². The Kier molecular flexibility index (Phi) is 5.92. The maximum Gasteiger partial charge on any atom is 0.119 e. The van der Waals surface area contributed by atoms with Crippen LogP contribution in [0, 0.1) is 0 Å². The fourth-order valence-corrected chi connectivity index (χ4v) is 4.27. The lowest BCUT2D eigenvalue weighted by atomic mass is 9.82. The topological polar surface area (TPSA) is 21.7 Å². The molecule has 2 aromatic carbocycles. The van der Waals surface area contributed by atoms with Gasteiger partial charge in [0.15, 0.2) is 0 Å². The van der Waals surface area contributed by atoms with Crippen LogP contribution in [0.2, 0.25) is 0 Å². The van der Waals surface area contributed by atoms with Crippen molar-refractivity contribution in [1.82, 2.24) is 5.06 Å². The number of benzene rings is 2. The van der Waals surface area contributed by atoms with Crippen molar-refractivity contribution in [2.75, 3.05) is 7.11 Å². The molecule has 1 fully saturated rings. The van der Waals surface area contributed by atoms with E-state index in [1.165, 1.54) is 12.0 Å².